The number of rotatable bonds is 8. The second-order valence-electron chi connectivity index (χ2n) is 9.12. The smallest absolute Gasteiger partial charge is 0.159 e. The van der Waals surface area contributed by atoms with Gasteiger partial charge in [0.2, 0.25) is 0 Å². The maximum absolute atomic E-state index is 13.5. The lowest BCUT2D eigenvalue weighted by Gasteiger charge is -2.32. The van der Waals surface area contributed by atoms with Crippen molar-refractivity contribution in [3.63, 3.8) is 0 Å². The Balaban J connectivity index is 1.32. The molecule has 2 fully saturated rings. The minimum atomic E-state index is -0.727. The summed E-state index contributed by atoms with van der Waals surface area (Å²) in [7, 11) is 0.00337. The van der Waals surface area contributed by atoms with Gasteiger partial charge in [-0.1, -0.05) is 76.1 Å². The largest absolute Gasteiger partial charge is 0.204 e. The van der Waals surface area contributed by atoms with Crippen molar-refractivity contribution in [1.82, 2.24) is 0 Å². The maximum Gasteiger partial charge on any atom is 0.159 e. The van der Waals surface area contributed by atoms with Crippen LogP contribution in [-0.2, 0) is 0 Å². The Bertz CT molecular complexity index is 557. The summed E-state index contributed by atoms with van der Waals surface area (Å²) >= 11 is 0. The van der Waals surface area contributed by atoms with Crippen molar-refractivity contribution in [3.05, 3.63) is 35.4 Å². The molecule has 1 saturated heterocycles. The van der Waals surface area contributed by atoms with E-state index in [-0.39, 0.29) is 8.80 Å². The molecule has 0 unspecified atom stereocenters. The summed E-state index contributed by atoms with van der Waals surface area (Å²) in [6.07, 6.45) is 14.9. The van der Waals surface area contributed by atoms with Gasteiger partial charge < -0.3 is 0 Å². The van der Waals surface area contributed by atoms with E-state index >= 15 is 0 Å². The number of benzene rings is 1. The highest BCUT2D eigenvalue weighted by molar-refractivity contribution is 6.58. The van der Waals surface area contributed by atoms with Crippen LogP contribution in [0, 0.1) is 23.5 Å². The van der Waals surface area contributed by atoms with Crippen molar-refractivity contribution in [2.24, 2.45) is 11.8 Å². The monoisotopic (exact) mass is 391 g/mol. The third-order valence-corrected chi connectivity index (χ3v) is 10.2. The van der Waals surface area contributed by atoms with Gasteiger partial charge in [0.05, 0.1) is 0 Å². The van der Waals surface area contributed by atoms with Gasteiger partial charge in [0, 0.05) is 8.80 Å². The summed E-state index contributed by atoms with van der Waals surface area (Å²) in [5, 5.41) is 0. The Morgan fingerprint density at radius 1 is 0.852 bits per heavy atom. The van der Waals surface area contributed by atoms with Crippen LogP contribution in [0.15, 0.2) is 18.2 Å². The molecule has 1 aromatic carbocycles. The van der Waals surface area contributed by atoms with Crippen LogP contribution >= 0.6 is 0 Å². The third-order valence-electron chi connectivity index (χ3n) is 7.19. The van der Waals surface area contributed by atoms with Crippen LogP contribution in [0.4, 0.5) is 8.78 Å². The molecule has 2 aliphatic rings. The van der Waals surface area contributed by atoms with Gasteiger partial charge in [-0.05, 0) is 61.1 Å². The molecule has 0 nitrogen and oxygen atoms in total. The Labute approximate surface area is 166 Å². The number of halogens is 2. The molecule has 0 aromatic heterocycles. The second-order valence-corrected chi connectivity index (χ2v) is 12.1. The van der Waals surface area contributed by atoms with Crippen LogP contribution < -0.4 is 0 Å². The molecule has 1 radical (unpaired) electrons. The predicted octanol–water partition coefficient (Wildman–Crippen LogP) is 8.11. The molecule has 1 heterocycles. The minimum Gasteiger partial charge on any atom is -0.204 e. The van der Waals surface area contributed by atoms with E-state index in [0.717, 1.165) is 30.2 Å². The first-order valence-corrected chi connectivity index (χ1v) is 13.6. The molecule has 3 heteroatoms. The number of hydrogen-bond donors (Lipinski definition) is 0. The summed E-state index contributed by atoms with van der Waals surface area (Å²) in [5.74, 6) is 0.869. The second kappa shape index (κ2) is 10.7. The molecule has 1 aliphatic heterocycles. The van der Waals surface area contributed by atoms with Gasteiger partial charge in [0.1, 0.15) is 0 Å². The maximum atomic E-state index is 13.5. The van der Waals surface area contributed by atoms with Crippen LogP contribution in [0.25, 0.3) is 0 Å². The summed E-state index contributed by atoms with van der Waals surface area (Å²) in [6, 6.07) is 9.20. The quantitative estimate of drug-likeness (QED) is 0.310. The molecule has 1 aliphatic carbocycles. The molecule has 3 rings (SSSR count). The minimum absolute atomic E-state index is 0.00337. The Morgan fingerprint density at radius 3 is 2.15 bits per heavy atom. The predicted molar refractivity (Wildman–Crippen MR) is 113 cm³/mol. The Hall–Kier alpha value is -0.703. The fourth-order valence-electron chi connectivity index (χ4n) is 5.27. The van der Waals surface area contributed by atoms with E-state index < -0.39 is 11.6 Å². The third kappa shape index (κ3) is 6.41. The fourth-order valence-corrected chi connectivity index (χ4v) is 8.40. The Morgan fingerprint density at radius 2 is 1.52 bits per heavy atom. The van der Waals surface area contributed by atoms with Crippen molar-refractivity contribution < 1.29 is 8.78 Å². The van der Waals surface area contributed by atoms with E-state index in [1.54, 1.807) is 24.2 Å². The lowest BCUT2D eigenvalue weighted by Crippen LogP contribution is -2.22. The van der Waals surface area contributed by atoms with Gasteiger partial charge in [-0.2, -0.15) is 0 Å². The molecule has 151 valence electrons. The molecule has 0 amide bonds. The molecular formula is C24H37F2Si. The highest BCUT2D eigenvalue weighted by atomic mass is 28.3. The molecule has 0 N–H and O–H groups in total. The summed E-state index contributed by atoms with van der Waals surface area (Å²) in [6.45, 7) is 2.31. The lowest BCUT2D eigenvalue weighted by molar-refractivity contribution is 0.280. The van der Waals surface area contributed by atoms with Crippen LogP contribution in [0.3, 0.4) is 0 Å². The van der Waals surface area contributed by atoms with Crippen LogP contribution in [0.2, 0.25) is 18.1 Å². The molecule has 0 atom stereocenters. The van der Waals surface area contributed by atoms with E-state index in [1.807, 2.05) is 0 Å². The zero-order valence-electron chi connectivity index (χ0n) is 17.1. The van der Waals surface area contributed by atoms with Gasteiger partial charge in [0.15, 0.2) is 11.6 Å². The van der Waals surface area contributed by atoms with Crippen LogP contribution in [0.1, 0.15) is 89.0 Å². The first-order chi connectivity index (χ1) is 13.2. The zero-order valence-corrected chi connectivity index (χ0v) is 18.1. The fraction of sp³-hybridized carbons (Fsp3) is 0.750. The van der Waals surface area contributed by atoms with E-state index in [1.165, 1.54) is 69.9 Å². The SMILES string of the molecule is CCCCC[Si]1CCC(CCC2CCC(c3ccc(F)c(F)c3)CC2)CC1. The van der Waals surface area contributed by atoms with Gasteiger partial charge in [-0.15, -0.1) is 0 Å². The van der Waals surface area contributed by atoms with Crippen LogP contribution in [0.5, 0.6) is 0 Å². The van der Waals surface area contributed by atoms with Crippen molar-refractivity contribution in [3.8, 4) is 0 Å². The summed E-state index contributed by atoms with van der Waals surface area (Å²) < 4.78 is 26.6. The van der Waals surface area contributed by atoms with Crippen molar-refractivity contribution in [2.45, 2.75) is 102 Å². The molecular weight excluding hydrogens is 354 g/mol. The summed E-state index contributed by atoms with van der Waals surface area (Å²) in [4.78, 5) is 0. The Kier molecular flexibility index (Phi) is 8.36. The van der Waals surface area contributed by atoms with E-state index in [0.29, 0.717) is 5.92 Å². The molecule has 0 bridgehead atoms. The van der Waals surface area contributed by atoms with Gasteiger partial charge in [0.25, 0.3) is 0 Å². The topological polar surface area (TPSA) is 0 Å². The van der Waals surface area contributed by atoms with Crippen LogP contribution in [-0.4, -0.2) is 8.80 Å². The standard InChI is InChI=1S/C24H37F2Si/c1-2-3-4-15-27-16-13-20(14-17-27)6-5-19-7-9-21(10-8-19)22-11-12-23(25)24(26)18-22/h11-12,18-21H,2-10,13-17H2,1H3. The first kappa shape index (κ1) is 21.0. The number of unbranched alkanes of at least 4 members (excludes halogenated alkanes) is 2. The normalized spacial score (nSPS) is 25.0. The molecule has 1 aromatic rings. The zero-order chi connectivity index (χ0) is 19.1. The highest BCUT2D eigenvalue weighted by Gasteiger charge is 2.26. The average Bonchev–Trinajstić information content (AvgIpc) is 2.70. The van der Waals surface area contributed by atoms with Crippen molar-refractivity contribution in [1.29, 1.82) is 0 Å². The van der Waals surface area contributed by atoms with E-state index in [2.05, 4.69) is 6.92 Å². The lowest BCUT2D eigenvalue weighted by atomic mass is 9.76. The molecule has 1 saturated carbocycles. The van der Waals surface area contributed by atoms with Gasteiger partial charge >= 0.3 is 0 Å². The first-order valence-electron chi connectivity index (χ1n) is 11.4. The van der Waals surface area contributed by atoms with Crippen molar-refractivity contribution >= 4 is 8.80 Å². The summed E-state index contributed by atoms with van der Waals surface area (Å²) in [5.41, 5.74) is 0.998. The van der Waals surface area contributed by atoms with E-state index in [9.17, 15) is 8.78 Å². The molecule has 0 spiro atoms. The number of hydrogen-bond acceptors (Lipinski definition) is 0. The van der Waals surface area contributed by atoms with E-state index in [4.69, 9.17) is 0 Å². The van der Waals surface area contributed by atoms with Crippen molar-refractivity contribution in [2.75, 3.05) is 0 Å². The average molecular weight is 392 g/mol. The molecule has 27 heavy (non-hydrogen) atoms. The van der Waals surface area contributed by atoms with Gasteiger partial charge in [-0.25, -0.2) is 8.78 Å². The van der Waals surface area contributed by atoms with Gasteiger partial charge in [-0.3, -0.25) is 0 Å². The highest BCUT2D eigenvalue weighted by Crippen LogP contribution is 2.39.